The fraction of sp³-hybridized carbons (Fsp3) is 0.647. The molecule has 2 atom stereocenters. The number of likely N-dealkylation sites (N-methyl/N-ethyl adjacent to an activating group) is 1. The molecule has 2 unspecified atom stereocenters. The summed E-state index contributed by atoms with van der Waals surface area (Å²) < 4.78 is 5.76. The second-order valence-corrected chi connectivity index (χ2v) is 6.00. The first kappa shape index (κ1) is 14.4. The summed E-state index contributed by atoms with van der Waals surface area (Å²) in [5, 5.41) is 3.53. The van der Waals surface area contributed by atoms with Gasteiger partial charge in [-0.15, -0.1) is 0 Å². The molecule has 1 heterocycles. The van der Waals surface area contributed by atoms with Crippen molar-refractivity contribution in [3.8, 4) is 5.75 Å². The van der Waals surface area contributed by atoms with Gasteiger partial charge in [-0.1, -0.05) is 44.9 Å². The Bertz CT molecular complexity index is 389. The summed E-state index contributed by atoms with van der Waals surface area (Å²) in [6.45, 7) is 5.46. The van der Waals surface area contributed by atoms with Crippen LogP contribution in [-0.2, 0) is 0 Å². The number of rotatable bonds is 6. The molecular formula is C17H27NO. The maximum atomic E-state index is 5.76. The van der Waals surface area contributed by atoms with Gasteiger partial charge in [0.1, 0.15) is 5.75 Å². The standard InChI is InChI=1S/C17H27NO/c1-13(2)7-6-9-16(18-3)14-11-12-19-17-10-5-4-8-15(14)17/h4-5,8,10,13-14,16,18H,6-7,9,11-12H2,1-3H3. The summed E-state index contributed by atoms with van der Waals surface area (Å²) in [5.41, 5.74) is 1.39. The Morgan fingerprint density at radius 1 is 1.26 bits per heavy atom. The second-order valence-electron chi connectivity index (χ2n) is 6.00. The Morgan fingerprint density at radius 3 is 2.79 bits per heavy atom. The molecule has 19 heavy (non-hydrogen) atoms. The third kappa shape index (κ3) is 3.73. The monoisotopic (exact) mass is 261 g/mol. The zero-order valence-electron chi connectivity index (χ0n) is 12.5. The molecule has 2 heteroatoms. The first-order valence-corrected chi connectivity index (χ1v) is 7.61. The molecule has 1 aromatic carbocycles. The molecule has 0 amide bonds. The Morgan fingerprint density at radius 2 is 2.05 bits per heavy atom. The van der Waals surface area contributed by atoms with Crippen LogP contribution < -0.4 is 10.1 Å². The van der Waals surface area contributed by atoms with Crippen molar-refractivity contribution >= 4 is 0 Å². The lowest BCUT2D eigenvalue weighted by Crippen LogP contribution is -2.35. The minimum absolute atomic E-state index is 0.573. The maximum Gasteiger partial charge on any atom is 0.122 e. The molecule has 1 aliphatic heterocycles. The average Bonchev–Trinajstić information content (AvgIpc) is 2.43. The van der Waals surface area contributed by atoms with E-state index in [1.165, 1.54) is 24.8 Å². The molecular weight excluding hydrogens is 234 g/mol. The van der Waals surface area contributed by atoms with Gasteiger partial charge in [0.15, 0.2) is 0 Å². The minimum atomic E-state index is 0.573. The van der Waals surface area contributed by atoms with Crippen LogP contribution >= 0.6 is 0 Å². The van der Waals surface area contributed by atoms with Crippen LogP contribution in [-0.4, -0.2) is 19.7 Å². The number of benzene rings is 1. The Labute approximate surface area is 117 Å². The van der Waals surface area contributed by atoms with E-state index in [-0.39, 0.29) is 0 Å². The lowest BCUT2D eigenvalue weighted by atomic mass is 9.84. The van der Waals surface area contributed by atoms with Crippen LogP contribution in [0.5, 0.6) is 5.75 Å². The highest BCUT2D eigenvalue weighted by atomic mass is 16.5. The minimum Gasteiger partial charge on any atom is -0.493 e. The van der Waals surface area contributed by atoms with E-state index in [4.69, 9.17) is 4.74 Å². The average molecular weight is 261 g/mol. The van der Waals surface area contributed by atoms with Crippen LogP contribution in [0.2, 0.25) is 0 Å². The molecule has 0 fully saturated rings. The van der Waals surface area contributed by atoms with Crippen LogP contribution in [0.25, 0.3) is 0 Å². The van der Waals surface area contributed by atoms with E-state index >= 15 is 0 Å². The van der Waals surface area contributed by atoms with Crippen molar-refractivity contribution < 1.29 is 4.74 Å². The van der Waals surface area contributed by atoms with Gasteiger partial charge in [-0.05, 0) is 37.4 Å². The molecule has 106 valence electrons. The smallest absolute Gasteiger partial charge is 0.122 e. The molecule has 1 aliphatic rings. The zero-order chi connectivity index (χ0) is 13.7. The molecule has 0 radical (unpaired) electrons. The van der Waals surface area contributed by atoms with Crippen molar-refractivity contribution in [2.45, 2.75) is 51.5 Å². The van der Waals surface area contributed by atoms with Gasteiger partial charge in [-0.25, -0.2) is 0 Å². The van der Waals surface area contributed by atoms with Gasteiger partial charge in [0.25, 0.3) is 0 Å². The number of hydrogen-bond acceptors (Lipinski definition) is 2. The van der Waals surface area contributed by atoms with E-state index < -0.39 is 0 Å². The van der Waals surface area contributed by atoms with Crippen LogP contribution in [0.3, 0.4) is 0 Å². The van der Waals surface area contributed by atoms with Gasteiger partial charge < -0.3 is 10.1 Å². The first-order chi connectivity index (χ1) is 9.22. The van der Waals surface area contributed by atoms with Gasteiger partial charge in [0.2, 0.25) is 0 Å². The van der Waals surface area contributed by atoms with Crippen molar-refractivity contribution in [1.29, 1.82) is 0 Å². The van der Waals surface area contributed by atoms with Gasteiger partial charge in [-0.3, -0.25) is 0 Å². The molecule has 1 aromatic rings. The topological polar surface area (TPSA) is 21.3 Å². The highest BCUT2D eigenvalue weighted by Gasteiger charge is 2.27. The molecule has 0 aliphatic carbocycles. The van der Waals surface area contributed by atoms with E-state index in [1.807, 2.05) is 0 Å². The zero-order valence-corrected chi connectivity index (χ0v) is 12.5. The molecule has 0 bridgehead atoms. The molecule has 1 N–H and O–H groups in total. The van der Waals surface area contributed by atoms with Crippen molar-refractivity contribution in [3.63, 3.8) is 0 Å². The Balaban J connectivity index is 2.03. The SMILES string of the molecule is CNC(CCCC(C)C)C1CCOc2ccccc21. The summed E-state index contributed by atoms with van der Waals surface area (Å²) in [4.78, 5) is 0. The molecule has 0 spiro atoms. The summed E-state index contributed by atoms with van der Waals surface area (Å²) in [5.74, 6) is 2.49. The predicted octanol–water partition coefficient (Wildman–Crippen LogP) is 3.97. The summed E-state index contributed by atoms with van der Waals surface area (Å²) >= 11 is 0. The maximum absolute atomic E-state index is 5.76. The lowest BCUT2D eigenvalue weighted by Gasteiger charge is -2.32. The number of hydrogen-bond donors (Lipinski definition) is 1. The number of para-hydroxylation sites is 1. The van der Waals surface area contributed by atoms with Gasteiger partial charge in [0.05, 0.1) is 6.61 Å². The van der Waals surface area contributed by atoms with Gasteiger partial charge in [-0.2, -0.15) is 0 Å². The van der Waals surface area contributed by atoms with Gasteiger partial charge in [0, 0.05) is 12.0 Å². The number of ether oxygens (including phenoxy) is 1. The normalized spacial score (nSPS) is 19.9. The quantitative estimate of drug-likeness (QED) is 0.836. The fourth-order valence-corrected chi connectivity index (χ4v) is 3.08. The Kier molecular flexibility index (Phi) is 5.26. The first-order valence-electron chi connectivity index (χ1n) is 7.61. The molecule has 0 saturated carbocycles. The lowest BCUT2D eigenvalue weighted by molar-refractivity contribution is 0.242. The highest BCUT2D eigenvalue weighted by Crippen LogP contribution is 2.36. The molecule has 2 nitrogen and oxygen atoms in total. The number of fused-ring (bicyclic) bond motifs is 1. The van der Waals surface area contributed by atoms with Crippen LogP contribution in [0.4, 0.5) is 0 Å². The second kappa shape index (κ2) is 6.95. The fourth-order valence-electron chi connectivity index (χ4n) is 3.08. The predicted molar refractivity (Wildman–Crippen MR) is 80.8 cm³/mol. The van der Waals surface area contributed by atoms with E-state index in [0.29, 0.717) is 12.0 Å². The molecule has 0 saturated heterocycles. The highest BCUT2D eigenvalue weighted by molar-refractivity contribution is 5.38. The summed E-state index contributed by atoms with van der Waals surface area (Å²) in [6.07, 6.45) is 5.02. The summed E-state index contributed by atoms with van der Waals surface area (Å²) in [7, 11) is 2.10. The van der Waals surface area contributed by atoms with E-state index in [9.17, 15) is 0 Å². The third-order valence-corrected chi connectivity index (χ3v) is 4.16. The summed E-state index contributed by atoms with van der Waals surface area (Å²) in [6, 6.07) is 9.09. The number of nitrogens with one attached hydrogen (secondary N) is 1. The van der Waals surface area contributed by atoms with Crippen molar-refractivity contribution in [2.24, 2.45) is 5.92 Å². The van der Waals surface area contributed by atoms with E-state index in [1.54, 1.807) is 0 Å². The van der Waals surface area contributed by atoms with Gasteiger partial charge >= 0.3 is 0 Å². The van der Waals surface area contributed by atoms with Crippen LogP contribution in [0, 0.1) is 5.92 Å². The molecule has 0 aromatic heterocycles. The van der Waals surface area contributed by atoms with Crippen molar-refractivity contribution in [3.05, 3.63) is 29.8 Å². The third-order valence-electron chi connectivity index (χ3n) is 4.16. The van der Waals surface area contributed by atoms with Crippen molar-refractivity contribution in [1.82, 2.24) is 5.32 Å². The molecule has 2 rings (SSSR count). The van der Waals surface area contributed by atoms with E-state index in [2.05, 4.69) is 50.5 Å². The van der Waals surface area contributed by atoms with Crippen LogP contribution in [0.15, 0.2) is 24.3 Å². The van der Waals surface area contributed by atoms with Crippen LogP contribution in [0.1, 0.15) is 51.0 Å². The van der Waals surface area contributed by atoms with E-state index in [0.717, 1.165) is 24.7 Å². The van der Waals surface area contributed by atoms with Crippen molar-refractivity contribution in [2.75, 3.05) is 13.7 Å². The largest absolute Gasteiger partial charge is 0.493 e. The Hall–Kier alpha value is -1.02.